The Kier molecular flexibility index (Phi) is 5.68. The molecule has 0 aliphatic rings. The summed E-state index contributed by atoms with van der Waals surface area (Å²) in [4.78, 5) is 11.9. The predicted octanol–water partition coefficient (Wildman–Crippen LogP) is 4.88. The molecule has 0 fully saturated rings. The summed E-state index contributed by atoms with van der Waals surface area (Å²) in [5.41, 5.74) is 2.07. The number of carbonyl (C=O) groups is 1. The van der Waals surface area contributed by atoms with Crippen molar-refractivity contribution in [3.05, 3.63) is 64.6 Å². The van der Waals surface area contributed by atoms with Crippen LogP contribution in [0.2, 0.25) is 0 Å². The number of anilines is 1. The van der Waals surface area contributed by atoms with Crippen LogP contribution in [0.15, 0.2) is 59.1 Å². The topological polar surface area (TPSA) is 29.1 Å². The van der Waals surface area contributed by atoms with Crippen LogP contribution in [0.3, 0.4) is 0 Å². The lowest BCUT2D eigenvalue weighted by atomic mass is 10.2. The van der Waals surface area contributed by atoms with Gasteiger partial charge >= 0.3 is 0 Å². The zero-order chi connectivity index (χ0) is 14.4. The summed E-state index contributed by atoms with van der Waals surface area (Å²) >= 11 is 5.01. The first-order valence-corrected chi connectivity index (χ1v) is 8.21. The Morgan fingerprint density at radius 2 is 1.80 bits per heavy atom. The van der Waals surface area contributed by atoms with E-state index in [2.05, 4.69) is 40.3 Å². The average Bonchev–Trinajstić information content (AvgIpc) is 2.48. The summed E-state index contributed by atoms with van der Waals surface area (Å²) in [5.74, 6) is 0.478. The van der Waals surface area contributed by atoms with Gasteiger partial charge < -0.3 is 5.32 Å². The zero-order valence-corrected chi connectivity index (χ0v) is 13.6. The molecule has 2 nitrogen and oxygen atoms in total. The average molecular weight is 350 g/mol. The van der Waals surface area contributed by atoms with Gasteiger partial charge in [-0.05, 0) is 36.8 Å². The van der Waals surface area contributed by atoms with Gasteiger partial charge in [-0.15, -0.1) is 11.8 Å². The first-order chi connectivity index (χ1) is 9.65. The molecule has 104 valence electrons. The van der Waals surface area contributed by atoms with Gasteiger partial charge in [-0.2, -0.15) is 0 Å². The number of hydrogen-bond acceptors (Lipinski definition) is 2. The monoisotopic (exact) mass is 349 g/mol. The second kappa shape index (κ2) is 7.50. The number of rotatable bonds is 5. The fourth-order valence-electron chi connectivity index (χ4n) is 1.75. The minimum absolute atomic E-state index is 0.0279. The minimum atomic E-state index is 0.0279. The summed E-state index contributed by atoms with van der Waals surface area (Å²) in [5, 5.41) is 3.21. The summed E-state index contributed by atoms with van der Waals surface area (Å²) in [6, 6.07) is 17.8. The highest BCUT2D eigenvalue weighted by Crippen LogP contribution is 2.27. The van der Waals surface area contributed by atoms with Crippen molar-refractivity contribution in [3.8, 4) is 0 Å². The summed E-state index contributed by atoms with van der Waals surface area (Å²) in [6.07, 6.45) is 0. The van der Waals surface area contributed by atoms with Gasteiger partial charge in [0.05, 0.1) is 5.75 Å². The molecule has 0 spiro atoms. The zero-order valence-electron chi connectivity index (χ0n) is 11.2. The molecule has 0 unspecified atom stereocenters. The van der Waals surface area contributed by atoms with E-state index in [1.807, 2.05) is 42.5 Å². The Hall–Kier alpha value is -1.26. The van der Waals surface area contributed by atoms with Gasteiger partial charge in [0, 0.05) is 15.4 Å². The smallest absolute Gasteiger partial charge is 0.234 e. The van der Waals surface area contributed by atoms with Gasteiger partial charge in [-0.3, -0.25) is 4.79 Å². The second-order valence-corrected chi connectivity index (χ2v) is 6.66. The van der Waals surface area contributed by atoms with Crippen LogP contribution < -0.4 is 5.32 Å². The summed E-state index contributed by atoms with van der Waals surface area (Å²) in [7, 11) is 0. The van der Waals surface area contributed by atoms with Crippen molar-refractivity contribution in [1.29, 1.82) is 0 Å². The third-order valence-electron chi connectivity index (χ3n) is 2.86. The molecule has 1 atom stereocenters. The van der Waals surface area contributed by atoms with E-state index in [-0.39, 0.29) is 5.91 Å². The first kappa shape index (κ1) is 15.1. The Morgan fingerprint density at radius 1 is 1.15 bits per heavy atom. The first-order valence-electron chi connectivity index (χ1n) is 6.37. The Bertz CT molecular complexity index is 556. The molecule has 0 aliphatic heterocycles. The quantitative estimate of drug-likeness (QED) is 0.833. The SMILES string of the molecule is C[C@@H](SCC(=O)Nc1ccc(Br)cc1)c1ccccc1. The standard InChI is InChI=1S/C16H16BrNOS/c1-12(13-5-3-2-4-6-13)20-11-16(19)18-15-9-7-14(17)8-10-15/h2-10,12H,11H2,1H3,(H,18,19)/t12-/m1/s1. The predicted molar refractivity (Wildman–Crippen MR) is 90.1 cm³/mol. The van der Waals surface area contributed by atoms with Crippen LogP contribution >= 0.6 is 27.7 Å². The molecule has 4 heteroatoms. The van der Waals surface area contributed by atoms with E-state index in [0.717, 1.165) is 10.2 Å². The Morgan fingerprint density at radius 3 is 2.45 bits per heavy atom. The van der Waals surface area contributed by atoms with Crippen LogP contribution in [-0.4, -0.2) is 11.7 Å². The van der Waals surface area contributed by atoms with Crippen LogP contribution in [-0.2, 0) is 4.79 Å². The Balaban J connectivity index is 1.82. The second-order valence-electron chi connectivity index (χ2n) is 4.42. The third-order valence-corrected chi connectivity index (χ3v) is 4.59. The van der Waals surface area contributed by atoms with Crippen molar-refractivity contribution in [2.45, 2.75) is 12.2 Å². The van der Waals surface area contributed by atoms with Gasteiger partial charge in [0.1, 0.15) is 0 Å². The lowest BCUT2D eigenvalue weighted by molar-refractivity contribution is -0.113. The number of nitrogens with one attached hydrogen (secondary N) is 1. The fourth-order valence-corrected chi connectivity index (χ4v) is 2.84. The third kappa shape index (κ3) is 4.69. The largest absolute Gasteiger partial charge is 0.325 e. The fraction of sp³-hybridized carbons (Fsp3) is 0.188. The molecule has 0 aromatic heterocycles. The normalized spacial score (nSPS) is 11.9. The van der Waals surface area contributed by atoms with E-state index in [0.29, 0.717) is 11.0 Å². The maximum atomic E-state index is 11.9. The molecule has 1 amide bonds. The minimum Gasteiger partial charge on any atom is -0.325 e. The van der Waals surface area contributed by atoms with E-state index in [4.69, 9.17) is 0 Å². The van der Waals surface area contributed by atoms with E-state index in [1.165, 1.54) is 5.56 Å². The molecule has 0 saturated carbocycles. The molecule has 0 radical (unpaired) electrons. The van der Waals surface area contributed by atoms with Gasteiger partial charge in [-0.1, -0.05) is 46.3 Å². The van der Waals surface area contributed by atoms with E-state index >= 15 is 0 Å². The molecule has 20 heavy (non-hydrogen) atoms. The van der Waals surface area contributed by atoms with E-state index in [1.54, 1.807) is 11.8 Å². The molecule has 2 aromatic carbocycles. The van der Waals surface area contributed by atoms with E-state index < -0.39 is 0 Å². The van der Waals surface area contributed by atoms with Crippen molar-refractivity contribution in [3.63, 3.8) is 0 Å². The maximum Gasteiger partial charge on any atom is 0.234 e. The van der Waals surface area contributed by atoms with Gasteiger partial charge in [0.15, 0.2) is 0 Å². The molecular formula is C16H16BrNOS. The van der Waals surface area contributed by atoms with Crippen molar-refractivity contribution in [2.75, 3.05) is 11.1 Å². The Labute approximate surface area is 132 Å². The van der Waals surface area contributed by atoms with Crippen molar-refractivity contribution in [2.24, 2.45) is 0 Å². The number of carbonyl (C=O) groups excluding carboxylic acids is 1. The molecule has 0 heterocycles. The van der Waals surface area contributed by atoms with Gasteiger partial charge in [-0.25, -0.2) is 0 Å². The van der Waals surface area contributed by atoms with Crippen LogP contribution in [0.5, 0.6) is 0 Å². The lowest BCUT2D eigenvalue weighted by Gasteiger charge is -2.11. The molecule has 0 saturated heterocycles. The van der Waals surface area contributed by atoms with Gasteiger partial charge in [0.25, 0.3) is 0 Å². The molecule has 2 aromatic rings. The number of halogens is 1. The van der Waals surface area contributed by atoms with E-state index in [9.17, 15) is 4.79 Å². The van der Waals surface area contributed by atoms with Crippen molar-refractivity contribution >= 4 is 39.3 Å². The maximum absolute atomic E-state index is 11.9. The molecule has 0 bridgehead atoms. The van der Waals surface area contributed by atoms with Crippen LogP contribution in [0.4, 0.5) is 5.69 Å². The van der Waals surface area contributed by atoms with Crippen LogP contribution in [0, 0.1) is 0 Å². The highest BCUT2D eigenvalue weighted by molar-refractivity contribution is 9.10. The number of amides is 1. The number of hydrogen-bond donors (Lipinski definition) is 1. The lowest BCUT2D eigenvalue weighted by Crippen LogP contribution is -2.14. The number of thioether (sulfide) groups is 1. The summed E-state index contributed by atoms with van der Waals surface area (Å²) < 4.78 is 1.00. The highest BCUT2D eigenvalue weighted by Gasteiger charge is 2.09. The van der Waals surface area contributed by atoms with Crippen LogP contribution in [0.1, 0.15) is 17.7 Å². The van der Waals surface area contributed by atoms with Crippen molar-refractivity contribution < 1.29 is 4.79 Å². The number of benzene rings is 2. The summed E-state index contributed by atoms with van der Waals surface area (Å²) in [6.45, 7) is 2.12. The molecule has 0 aliphatic carbocycles. The molecule has 2 rings (SSSR count). The van der Waals surface area contributed by atoms with Crippen LogP contribution in [0.25, 0.3) is 0 Å². The molecular weight excluding hydrogens is 334 g/mol. The molecule has 1 N–H and O–H groups in total. The van der Waals surface area contributed by atoms with Crippen molar-refractivity contribution in [1.82, 2.24) is 0 Å². The van der Waals surface area contributed by atoms with Gasteiger partial charge in [0.2, 0.25) is 5.91 Å². The highest BCUT2D eigenvalue weighted by atomic mass is 79.9.